The van der Waals surface area contributed by atoms with Crippen molar-refractivity contribution in [2.45, 2.75) is 30.9 Å². The molecule has 0 aromatic heterocycles. The molecule has 1 aliphatic rings. The third-order valence-corrected chi connectivity index (χ3v) is 4.85. The molecule has 0 saturated carbocycles. The number of hydrogen-bond donors (Lipinski definition) is 2. The number of amides is 1. The summed E-state index contributed by atoms with van der Waals surface area (Å²) in [5.74, 6) is 0.497. The molecule has 5 heteroatoms. The van der Waals surface area contributed by atoms with Crippen LogP contribution in [-0.2, 0) is 11.3 Å². The maximum atomic E-state index is 12.1. The zero-order valence-electron chi connectivity index (χ0n) is 11.0. The molecular formula is C14H19NO3S. The minimum Gasteiger partial charge on any atom is -0.396 e. The molecule has 1 aromatic carbocycles. The molecule has 0 unspecified atom stereocenters. The quantitative estimate of drug-likeness (QED) is 0.852. The normalized spacial score (nSPS) is 27.0. The Bertz CT molecular complexity index is 436. The number of carbonyl (C=O) groups is 1. The molecule has 104 valence electrons. The summed E-state index contributed by atoms with van der Waals surface area (Å²) in [6.07, 6.45) is 0.324. The number of aliphatic hydroxyl groups excluding tert-OH is 1. The summed E-state index contributed by atoms with van der Waals surface area (Å²) < 4.78 is 0. The minimum atomic E-state index is -1.16. The van der Waals surface area contributed by atoms with Crippen LogP contribution in [0, 0.1) is 0 Å². The van der Waals surface area contributed by atoms with Gasteiger partial charge in [0.15, 0.2) is 0 Å². The van der Waals surface area contributed by atoms with Gasteiger partial charge < -0.3 is 15.1 Å². The number of benzene rings is 1. The fourth-order valence-electron chi connectivity index (χ4n) is 2.31. The molecule has 1 aliphatic heterocycles. The van der Waals surface area contributed by atoms with E-state index in [0.717, 1.165) is 5.56 Å². The van der Waals surface area contributed by atoms with Crippen LogP contribution in [0.2, 0.25) is 0 Å². The summed E-state index contributed by atoms with van der Waals surface area (Å²) in [6, 6.07) is 9.65. The summed E-state index contributed by atoms with van der Waals surface area (Å²) in [4.78, 5) is 13.6. The van der Waals surface area contributed by atoms with Crippen molar-refractivity contribution < 1.29 is 15.0 Å². The zero-order valence-corrected chi connectivity index (χ0v) is 11.8. The van der Waals surface area contributed by atoms with E-state index < -0.39 is 5.72 Å². The van der Waals surface area contributed by atoms with Crippen molar-refractivity contribution in [3.05, 3.63) is 35.9 Å². The van der Waals surface area contributed by atoms with Gasteiger partial charge in [0.2, 0.25) is 5.91 Å². The summed E-state index contributed by atoms with van der Waals surface area (Å²) in [5.41, 5.74) is -0.156. The van der Waals surface area contributed by atoms with Crippen molar-refractivity contribution in [1.82, 2.24) is 4.90 Å². The Morgan fingerprint density at radius 3 is 2.74 bits per heavy atom. The molecule has 2 N–H and O–H groups in total. The van der Waals surface area contributed by atoms with Gasteiger partial charge in [-0.3, -0.25) is 4.79 Å². The van der Waals surface area contributed by atoms with E-state index in [9.17, 15) is 9.90 Å². The second-order valence-corrected chi connectivity index (χ2v) is 6.16. The van der Waals surface area contributed by atoms with Gasteiger partial charge in [-0.25, -0.2) is 0 Å². The first kappa shape index (κ1) is 14.4. The molecule has 0 bridgehead atoms. The second-order valence-electron chi connectivity index (χ2n) is 4.85. The van der Waals surface area contributed by atoms with Crippen molar-refractivity contribution in [2.75, 3.05) is 12.4 Å². The van der Waals surface area contributed by atoms with Gasteiger partial charge in [-0.1, -0.05) is 30.3 Å². The van der Waals surface area contributed by atoms with Gasteiger partial charge in [-0.2, -0.15) is 11.8 Å². The molecule has 1 aromatic rings. The van der Waals surface area contributed by atoms with E-state index in [-0.39, 0.29) is 17.8 Å². The number of aliphatic hydroxyl groups is 2. The van der Waals surface area contributed by atoms with Crippen molar-refractivity contribution in [3.8, 4) is 0 Å². The number of likely N-dealkylation sites (tertiary alicyclic amines) is 1. The first-order chi connectivity index (χ1) is 9.05. The largest absolute Gasteiger partial charge is 0.396 e. The Morgan fingerprint density at radius 2 is 2.11 bits per heavy atom. The van der Waals surface area contributed by atoms with E-state index in [1.54, 1.807) is 6.92 Å². The van der Waals surface area contributed by atoms with E-state index in [1.165, 1.54) is 16.7 Å². The Labute approximate surface area is 117 Å². The number of nitrogens with zero attached hydrogens (tertiary/aromatic N) is 1. The maximum Gasteiger partial charge on any atom is 0.226 e. The Morgan fingerprint density at radius 1 is 1.42 bits per heavy atom. The van der Waals surface area contributed by atoms with Crippen LogP contribution in [-0.4, -0.2) is 44.4 Å². The molecule has 1 saturated heterocycles. The van der Waals surface area contributed by atoms with E-state index >= 15 is 0 Å². The van der Waals surface area contributed by atoms with Crippen LogP contribution in [0.3, 0.4) is 0 Å². The topological polar surface area (TPSA) is 60.8 Å². The first-order valence-corrected chi connectivity index (χ1v) is 7.40. The average molecular weight is 281 g/mol. The zero-order chi connectivity index (χ0) is 13.9. The average Bonchev–Trinajstić information content (AvgIpc) is 2.61. The molecule has 0 radical (unpaired) electrons. The predicted molar refractivity (Wildman–Crippen MR) is 75.6 cm³/mol. The molecule has 0 spiro atoms. The van der Waals surface area contributed by atoms with Crippen LogP contribution in [0.25, 0.3) is 0 Å². The highest BCUT2D eigenvalue weighted by molar-refractivity contribution is 8.00. The minimum absolute atomic E-state index is 0.0377. The highest BCUT2D eigenvalue weighted by Gasteiger charge is 2.48. The molecule has 0 aliphatic carbocycles. The lowest BCUT2D eigenvalue weighted by Gasteiger charge is -2.34. The van der Waals surface area contributed by atoms with E-state index in [4.69, 9.17) is 5.11 Å². The monoisotopic (exact) mass is 281 g/mol. The molecule has 2 atom stereocenters. The van der Waals surface area contributed by atoms with Gasteiger partial charge in [-0.15, -0.1) is 0 Å². The number of thioether (sulfide) groups is 1. The van der Waals surface area contributed by atoms with Crippen molar-refractivity contribution in [2.24, 2.45) is 0 Å². The lowest BCUT2D eigenvalue weighted by Crippen LogP contribution is -2.47. The van der Waals surface area contributed by atoms with E-state index in [2.05, 4.69) is 0 Å². The third-order valence-electron chi connectivity index (χ3n) is 3.41. The summed E-state index contributed by atoms with van der Waals surface area (Å²) in [7, 11) is 0. The van der Waals surface area contributed by atoms with Gasteiger partial charge in [-0.05, 0) is 12.5 Å². The fraction of sp³-hybridized carbons (Fsp3) is 0.500. The number of carbonyl (C=O) groups excluding carboxylic acids is 1. The highest BCUT2D eigenvalue weighted by Crippen LogP contribution is 2.37. The van der Waals surface area contributed by atoms with Crippen molar-refractivity contribution in [3.63, 3.8) is 0 Å². The van der Waals surface area contributed by atoms with Gasteiger partial charge >= 0.3 is 0 Å². The maximum absolute atomic E-state index is 12.1. The summed E-state index contributed by atoms with van der Waals surface area (Å²) in [5, 5.41) is 19.3. The Hall–Kier alpha value is -1.04. The molecular weight excluding hydrogens is 262 g/mol. The molecule has 19 heavy (non-hydrogen) atoms. The predicted octanol–water partition coefficient (Wildman–Crippen LogP) is 1.22. The molecule has 1 heterocycles. The summed E-state index contributed by atoms with van der Waals surface area (Å²) >= 11 is 1.45. The van der Waals surface area contributed by atoms with Crippen LogP contribution in [0.15, 0.2) is 30.3 Å². The van der Waals surface area contributed by atoms with Crippen LogP contribution >= 0.6 is 11.8 Å². The van der Waals surface area contributed by atoms with Crippen LogP contribution in [0.1, 0.15) is 18.9 Å². The van der Waals surface area contributed by atoms with E-state index in [1.807, 2.05) is 30.3 Å². The second kappa shape index (κ2) is 5.94. The fourth-order valence-corrected chi connectivity index (χ4v) is 3.41. The first-order valence-electron chi connectivity index (χ1n) is 6.35. The number of rotatable bonds is 5. The van der Waals surface area contributed by atoms with Crippen LogP contribution in [0.5, 0.6) is 0 Å². The molecule has 1 amide bonds. The van der Waals surface area contributed by atoms with Crippen molar-refractivity contribution >= 4 is 17.7 Å². The van der Waals surface area contributed by atoms with Gasteiger partial charge in [0.25, 0.3) is 0 Å². The van der Waals surface area contributed by atoms with Gasteiger partial charge in [0.1, 0.15) is 5.72 Å². The number of hydrogen-bond acceptors (Lipinski definition) is 4. The highest BCUT2D eigenvalue weighted by atomic mass is 32.2. The third kappa shape index (κ3) is 3.11. The molecule has 4 nitrogen and oxygen atoms in total. The van der Waals surface area contributed by atoms with E-state index in [0.29, 0.717) is 18.7 Å². The SMILES string of the molecule is C[C@@]1(O)[C@@H](SCCO)CC(=O)N1Cc1ccccc1. The smallest absolute Gasteiger partial charge is 0.226 e. The summed E-state index contributed by atoms with van der Waals surface area (Å²) in [6.45, 7) is 2.16. The van der Waals surface area contributed by atoms with Gasteiger partial charge in [0, 0.05) is 18.7 Å². The lowest BCUT2D eigenvalue weighted by molar-refractivity contribution is -0.143. The molecule has 2 rings (SSSR count). The standard InChI is InChI=1S/C14H19NO3S/c1-14(18)12(19-8-7-16)9-13(17)15(14)10-11-5-3-2-4-6-11/h2-6,12,16,18H,7-10H2,1H3/t12-,14+/m0/s1. The lowest BCUT2D eigenvalue weighted by atomic mass is 10.1. The molecule has 1 fully saturated rings. The Balaban J connectivity index is 2.10. The van der Waals surface area contributed by atoms with Crippen molar-refractivity contribution in [1.29, 1.82) is 0 Å². The Kier molecular flexibility index (Phi) is 4.50. The van der Waals surface area contributed by atoms with Crippen LogP contribution in [0.4, 0.5) is 0 Å². The van der Waals surface area contributed by atoms with Gasteiger partial charge in [0.05, 0.1) is 11.9 Å². The van der Waals surface area contributed by atoms with Crippen LogP contribution < -0.4 is 0 Å².